The van der Waals surface area contributed by atoms with Crippen molar-refractivity contribution in [3.8, 4) is 0 Å². The summed E-state index contributed by atoms with van der Waals surface area (Å²) in [5, 5.41) is 9.58. The van der Waals surface area contributed by atoms with E-state index in [-0.39, 0.29) is 11.7 Å². The third-order valence-corrected chi connectivity index (χ3v) is 3.45. The van der Waals surface area contributed by atoms with Crippen LogP contribution in [0.5, 0.6) is 0 Å². The molecule has 3 atom stereocenters. The number of nitrogens with zero attached hydrogens (tertiary/aromatic N) is 1. The van der Waals surface area contributed by atoms with Gasteiger partial charge in [-0.25, -0.2) is 0 Å². The summed E-state index contributed by atoms with van der Waals surface area (Å²) in [4.78, 5) is 15.6. The Balaban J connectivity index is 2.12. The van der Waals surface area contributed by atoms with E-state index in [1.807, 2.05) is 12.1 Å². The smallest absolute Gasteiger partial charge is 0.138 e. The van der Waals surface area contributed by atoms with Crippen LogP contribution in [-0.4, -0.2) is 22.0 Å². The highest BCUT2D eigenvalue weighted by atomic mass is 16.3. The first-order chi connectivity index (χ1) is 7.68. The van der Waals surface area contributed by atoms with Crippen LogP contribution in [0.15, 0.2) is 24.5 Å². The molecule has 16 heavy (non-hydrogen) atoms. The van der Waals surface area contributed by atoms with E-state index in [9.17, 15) is 9.90 Å². The average molecular weight is 219 g/mol. The number of Topliss-reactive ketones (excluding diaryl/α,β-unsaturated/α-hetero) is 1. The number of carbonyl (C=O) groups excluding carboxylic acids is 1. The molecule has 0 saturated heterocycles. The molecule has 86 valence electrons. The van der Waals surface area contributed by atoms with Gasteiger partial charge in [-0.1, -0.05) is 0 Å². The van der Waals surface area contributed by atoms with Crippen molar-refractivity contribution in [2.24, 2.45) is 5.92 Å². The van der Waals surface area contributed by atoms with Gasteiger partial charge < -0.3 is 5.11 Å². The average Bonchev–Trinajstić information content (AvgIpc) is 2.30. The van der Waals surface area contributed by atoms with E-state index in [4.69, 9.17) is 0 Å². The van der Waals surface area contributed by atoms with Crippen molar-refractivity contribution in [1.29, 1.82) is 0 Å². The second-order valence-corrected chi connectivity index (χ2v) is 4.57. The second kappa shape index (κ2) is 4.74. The Bertz CT molecular complexity index is 361. The normalized spacial score (nSPS) is 27.8. The Labute approximate surface area is 95.5 Å². The van der Waals surface area contributed by atoms with Crippen LogP contribution in [0.2, 0.25) is 0 Å². The van der Waals surface area contributed by atoms with E-state index in [1.54, 1.807) is 19.3 Å². The van der Waals surface area contributed by atoms with E-state index in [1.165, 1.54) is 5.56 Å². The summed E-state index contributed by atoms with van der Waals surface area (Å²) < 4.78 is 0. The molecule has 1 N–H and O–H groups in total. The fourth-order valence-electron chi connectivity index (χ4n) is 2.46. The van der Waals surface area contributed by atoms with Gasteiger partial charge in [0, 0.05) is 24.7 Å². The minimum atomic E-state index is -0.530. The van der Waals surface area contributed by atoms with E-state index >= 15 is 0 Å². The molecule has 0 bridgehead atoms. The zero-order valence-electron chi connectivity index (χ0n) is 9.47. The lowest BCUT2D eigenvalue weighted by Crippen LogP contribution is -2.31. The first-order valence-electron chi connectivity index (χ1n) is 5.79. The number of hydrogen-bond acceptors (Lipinski definition) is 3. The van der Waals surface area contributed by atoms with Gasteiger partial charge in [-0.15, -0.1) is 0 Å². The summed E-state index contributed by atoms with van der Waals surface area (Å²) in [5.74, 6) is 0.410. The van der Waals surface area contributed by atoms with Crippen molar-refractivity contribution >= 4 is 5.78 Å². The van der Waals surface area contributed by atoms with Crippen LogP contribution < -0.4 is 0 Å². The van der Waals surface area contributed by atoms with Crippen LogP contribution in [-0.2, 0) is 4.79 Å². The van der Waals surface area contributed by atoms with Crippen LogP contribution in [0.4, 0.5) is 0 Å². The van der Waals surface area contributed by atoms with Gasteiger partial charge in [0.15, 0.2) is 0 Å². The molecular weight excluding hydrogens is 202 g/mol. The van der Waals surface area contributed by atoms with Gasteiger partial charge in [-0.2, -0.15) is 0 Å². The summed E-state index contributed by atoms with van der Waals surface area (Å²) in [6.07, 6.45) is 5.28. The minimum Gasteiger partial charge on any atom is -0.393 e. The molecule has 1 aliphatic rings. The third kappa shape index (κ3) is 2.30. The molecule has 1 aliphatic carbocycles. The molecule has 1 aromatic rings. The number of aliphatic hydroxyl groups is 1. The van der Waals surface area contributed by atoms with Crippen molar-refractivity contribution in [2.45, 2.75) is 38.2 Å². The predicted octanol–water partition coefficient (Wildman–Crippen LogP) is 1.92. The monoisotopic (exact) mass is 219 g/mol. The molecule has 1 fully saturated rings. The van der Waals surface area contributed by atoms with Crippen LogP contribution in [0, 0.1) is 5.92 Å². The van der Waals surface area contributed by atoms with Gasteiger partial charge in [-0.3, -0.25) is 9.78 Å². The van der Waals surface area contributed by atoms with Gasteiger partial charge in [0.05, 0.1) is 6.10 Å². The Morgan fingerprint density at radius 2 is 2.12 bits per heavy atom. The molecule has 0 aliphatic heterocycles. The molecule has 0 radical (unpaired) electrons. The number of aliphatic hydroxyl groups excluding tert-OH is 1. The zero-order valence-corrected chi connectivity index (χ0v) is 9.47. The summed E-state index contributed by atoms with van der Waals surface area (Å²) in [6, 6.07) is 4.00. The molecular formula is C13H17NO2. The second-order valence-electron chi connectivity index (χ2n) is 4.57. The van der Waals surface area contributed by atoms with Crippen LogP contribution in [0.3, 0.4) is 0 Å². The Kier molecular flexibility index (Phi) is 3.34. The fraction of sp³-hybridized carbons (Fsp3) is 0.538. The third-order valence-electron chi connectivity index (χ3n) is 3.45. The van der Waals surface area contributed by atoms with Gasteiger partial charge in [-0.05, 0) is 43.4 Å². The van der Waals surface area contributed by atoms with Crippen molar-refractivity contribution in [2.75, 3.05) is 0 Å². The quantitative estimate of drug-likeness (QED) is 0.826. The van der Waals surface area contributed by atoms with E-state index in [0.717, 1.165) is 12.8 Å². The van der Waals surface area contributed by atoms with Crippen molar-refractivity contribution in [3.05, 3.63) is 30.1 Å². The Morgan fingerprint density at radius 1 is 1.44 bits per heavy atom. The minimum absolute atomic E-state index is 0.188. The highest BCUT2D eigenvalue weighted by Crippen LogP contribution is 2.35. The topological polar surface area (TPSA) is 50.2 Å². The van der Waals surface area contributed by atoms with Gasteiger partial charge in [0.25, 0.3) is 0 Å². The van der Waals surface area contributed by atoms with Crippen molar-refractivity contribution in [1.82, 2.24) is 4.98 Å². The number of rotatable bonds is 2. The Hall–Kier alpha value is -1.22. The summed E-state index contributed by atoms with van der Waals surface area (Å²) in [7, 11) is 0. The maximum atomic E-state index is 11.6. The molecule has 3 heteroatoms. The number of carbonyl (C=O) groups is 1. The predicted molar refractivity (Wildman–Crippen MR) is 61.0 cm³/mol. The molecule has 1 saturated carbocycles. The lowest BCUT2D eigenvalue weighted by molar-refractivity contribution is -0.128. The summed E-state index contributed by atoms with van der Waals surface area (Å²) >= 11 is 0. The zero-order chi connectivity index (χ0) is 11.5. The molecule has 0 aromatic carbocycles. The van der Waals surface area contributed by atoms with Gasteiger partial charge in [0.1, 0.15) is 5.78 Å². The lowest BCUT2D eigenvalue weighted by Gasteiger charge is -2.29. The molecule has 1 heterocycles. The summed E-state index contributed by atoms with van der Waals surface area (Å²) in [5.41, 5.74) is 1.23. The van der Waals surface area contributed by atoms with Crippen LogP contribution in [0.25, 0.3) is 0 Å². The highest BCUT2D eigenvalue weighted by Gasteiger charge is 2.32. The maximum absolute atomic E-state index is 11.6. The number of hydrogen-bond donors (Lipinski definition) is 1. The largest absolute Gasteiger partial charge is 0.393 e. The van der Waals surface area contributed by atoms with Crippen LogP contribution >= 0.6 is 0 Å². The number of pyridine rings is 1. The van der Waals surface area contributed by atoms with E-state index in [2.05, 4.69) is 4.98 Å². The van der Waals surface area contributed by atoms with E-state index in [0.29, 0.717) is 12.3 Å². The molecule has 0 amide bonds. The molecule has 1 aromatic heterocycles. The number of aromatic nitrogens is 1. The first kappa shape index (κ1) is 11.3. The molecule has 0 spiro atoms. The van der Waals surface area contributed by atoms with Gasteiger partial charge >= 0.3 is 0 Å². The van der Waals surface area contributed by atoms with Crippen molar-refractivity contribution < 1.29 is 9.90 Å². The van der Waals surface area contributed by atoms with Crippen LogP contribution in [0.1, 0.15) is 37.7 Å². The van der Waals surface area contributed by atoms with Crippen molar-refractivity contribution in [3.63, 3.8) is 0 Å². The maximum Gasteiger partial charge on any atom is 0.138 e. The molecule has 3 nitrogen and oxygen atoms in total. The SMILES string of the molecule is C[C@H](O)[C@@H]1C[C@@H](c2ccncc2)CCC1=O. The lowest BCUT2D eigenvalue weighted by atomic mass is 9.75. The molecule has 0 unspecified atom stereocenters. The highest BCUT2D eigenvalue weighted by molar-refractivity contribution is 5.82. The number of ketones is 1. The Morgan fingerprint density at radius 3 is 2.75 bits per heavy atom. The van der Waals surface area contributed by atoms with E-state index < -0.39 is 6.10 Å². The summed E-state index contributed by atoms with van der Waals surface area (Å²) in [6.45, 7) is 1.71. The molecule has 2 rings (SSSR count). The first-order valence-corrected chi connectivity index (χ1v) is 5.79. The fourth-order valence-corrected chi connectivity index (χ4v) is 2.46. The van der Waals surface area contributed by atoms with Gasteiger partial charge in [0.2, 0.25) is 0 Å². The standard InChI is InChI=1S/C13H17NO2/c1-9(15)12-8-11(2-3-13(12)16)10-4-6-14-7-5-10/h4-7,9,11-12,15H,2-3,8H2,1H3/t9-,11-,12-/m0/s1.